The Bertz CT molecular complexity index is 946. The maximum Gasteiger partial charge on any atom is 0.270 e. The molecule has 1 amide bonds. The maximum atomic E-state index is 13.0. The third-order valence-electron chi connectivity index (χ3n) is 5.18. The molecule has 0 radical (unpaired) electrons. The van der Waals surface area contributed by atoms with E-state index in [-0.39, 0.29) is 18.4 Å². The van der Waals surface area contributed by atoms with Gasteiger partial charge in [0, 0.05) is 36.1 Å². The summed E-state index contributed by atoms with van der Waals surface area (Å²) in [6.07, 6.45) is 3.86. The van der Waals surface area contributed by atoms with Crippen molar-refractivity contribution in [3.8, 4) is 5.75 Å². The molecule has 2 N–H and O–H groups in total. The van der Waals surface area contributed by atoms with E-state index in [0.717, 1.165) is 41.7 Å². The number of carbonyl (C=O) groups is 1. The molecule has 3 heterocycles. The Morgan fingerprint density at radius 3 is 3.07 bits per heavy atom. The molecule has 1 aliphatic rings. The van der Waals surface area contributed by atoms with E-state index in [1.165, 1.54) is 0 Å². The molecule has 4 rings (SSSR count). The average Bonchev–Trinajstić information content (AvgIpc) is 3.34. The fourth-order valence-electron chi connectivity index (χ4n) is 3.75. The SMILES string of the molecule is COc1ccc2[nH]c(C(=O)N3CCCC(c4ccn(CCO)n4)C3)cc2c1. The number of likely N-dealkylation sites (tertiary alicyclic amines) is 1. The summed E-state index contributed by atoms with van der Waals surface area (Å²) in [5, 5.41) is 14.6. The normalized spacial score (nSPS) is 17.4. The molecular formula is C20H24N4O3. The van der Waals surface area contributed by atoms with Crippen LogP contribution in [-0.4, -0.2) is 57.5 Å². The fourth-order valence-corrected chi connectivity index (χ4v) is 3.75. The largest absolute Gasteiger partial charge is 0.497 e. The van der Waals surface area contributed by atoms with E-state index in [2.05, 4.69) is 10.1 Å². The van der Waals surface area contributed by atoms with Gasteiger partial charge in [-0.3, -0.25) is 9.48 Å². The second-order valence-corrected chi connectivity index (χ2v) is 6.95. The molecule has 2 aromatic heterocycles. The summed E-state index contributed by atoms with van der Waals surface area (Å²) in [5.74, 6) is 1.02. The lowest BCUT2D eigenvalue weighted by Gasteiger charge is -2.31. The molecule has 1 aliphatic heterocycles. The van der Waals surface area contributed by atoms with Crippen LogP contribution >= 0.6 is 0 Å². The quantitative estimate of drug-likeness (QED) is 0.724. The second kappa shape index (κ2) is 7.44. The number of nitrogens with one attached hydrogen (secondary N) is 1. The zero-order valence-corrected chi connectivity index (χ0v) is 15.4. The van der Waals surface area contributed by atoms with Gasteiger partial charge in [0.2, 0.25) is 0 Å². The van der Waals surface area contributed by atoms with Gasteiger partial charge < -0.3 is 19.7 Å². The number of piperidine rings is 1. The molecule has 1 unspecified atom stereocenters. The number of rotatable bonds is 5. The van der Waals surface area contributed by atoms with Crippen LogP contribution in [0.1, 0.15) is 34.9 Å². The van der Waals surface area contributed by atoms with E-state index in [9.17, 15) is 4.79 Å². The predicted octanol–water partition coefficient (Wildman–Crippen LogP) is 2.39. The Morgan fingerprint density at radius 1 is 1.37 bits per heavy atom. The summed E-state index contributed by atoms with van der Waals surface area (Å²) in [4.78, 5) is 18.1. The van der Waals surface area contributed by atoms with Crippen molar-refractivity contribution in [3.63, 3.8) is 0 Å². The number of ether oxygens (including phenoxy) is 1. The summed E-state index contributed by atoms with van der Waals surface area (Å²) in [6, 6.07) is 9.61. The number of hydrogen-bond donors (Lipinski definition) is 2. The summed E-state index contributed by atoms with van der Waals surface area (Å²) >= 11 is 0. The molecule has 142 valence electrons. The van der Waals surface area contributed by atoms with Crippen molar-refractivity contribution >= 4 is 16.8 Å². The number of aromatic amines is 1. The van der Waals surface area contributed by atoms with Crippen LogP contribution in [0.15, 0.2) is 36.5 Å². The van der Waals surface area contributed by atoms with Crippen LogP contribution in [-0.2, 0) is 6.54 Å². The zero-order chi connectivity index (χ0) is 18.8. The van der Waals surface area contributed by atoms with Crippen LogP contribution in [0, 0.1) is 0 Å². The number of aliphatic hydroxyl groups excluding tert-OH is 1. The Labute approximate surface area is 157 Å². The molecule has 0 aliphatic carbocycles. The number of fused-ring (bicyclic) bond motifs is 1. The van der Waals surface area contributed by atoms with Crippen LogP contribution in [0.2, 0.25) is 0 Å². The topological polar surface area (TPSA) is 83.4 Å². The Hall–Kier alpha value is -2.80. The van der Waals surface area contributed by atoms with Crippen LogP contribution in [0.5, 0.6) is 5.75 Å². The van der Waals surface area contributed by atoms with Gasteiger partial charge in [0.15, 0.2) is 0 Å². The number of benzene rings is 1. The van der Waals surface area contributed by atoms with E-state index in [4.69, 9.17) is 9.84 Å². The molecule has 1 atom stereocenters. The molecule has 1 fully saturated rings. The van der Waals surface area contributed by atoms with Gasteiger partial charge >= 0.3 is 0 Å². The molecule has 1 aromatic carbocycles. The Kier molecular flexibility index (Phi) is 4.85. The molecule has 27 heavy (non-hydrogen) atoms. The third kappa shape index (κ3) is 3.55. The van der Waals surface area contributed by atoms with Crippen molar-refractivity contribution in [2.75, 3.05) is 26.8 Å². The highest BCUT2D eigenvalue weighted by Gasteiger charge is 2.27. The lowest BCUT2D eigenvalue weighted by atomic mass is 9.95. The lowest BCUT2D eigenvalue weighted by molar-refractivity contribution is 0.0700. The number of aromatic nitrogens is 3. The van der Waals surface area contributed by atoms with Crippen molar-refractivity contribution < 1.29 is 14.6 Å². The number of carbonyl (C=O) groups excluding carboxylic acids is 1. The molecule has 0 bridgehead atoms. The summed E-state index contributed by atoms with van der Waals surface area (Å²) < 4.78 is 7.01. The molecule has 0 saturated carbocycles. The third-order valence-corrected chi connectivity index (χ3v) is 5.18. The summed E-state index contributed by atoms with van der Waals surface area (Å²) in [5.41, 5.74) is 2.52. The van der Waals surface area contributed by atoms with E-state index in [1.807, 2.05) is 41.4 Å². The van der Waals surface area contributed by atoms with E-state index in [0.29, 0.717) is 18.8 Å². The minimum Gasteiger partial charge on any atom is -0.497 e. The summed E-state index contributed by atoms with van der Waals surface area (Å²) in [6.45, 7) is 1.98. The number of hydrogen-bond acceptors (Lipinski definition) is 4. The zero-order valence-electron chi connectivity index (χ0n) is 15.4. The standard InChI is InChI=1S/C20H24N4O3/c1-27-16-4-5-17-15(11-16)12-19(21-17)20(26)23-7-2-3-14(13-23)18-6-8-24(22-18)9-10-25/h4-6,8,11-12,14,21,25H,2-3,7,9-10,13H2,1H3. The van der Waals surface area contributed by atoms with Gasteiger partial charge in [-0.25, -0.2) is 0 Å². The summed E-state index contributed by atoms with van der Waals surface area (Å²) in [7, 11) is 1.63. The van der Waals surface area contributed by atoms with Gasteiger partial charge in [-0.2, -0.15) is 5.10 Å². The average molecular weight is 368 g/mol. The van der Waals surface area contributed by atoms with Gasteiger partial charge in [0.1, 0.15) is 11.4 Å². The molecule has 3 aromatic rings. The van der Waals surface area contributed by atoms with Crippen LogP contribution in [0.4, 0.5) is 0 Å². The Balaban J connectivity index is 1.51. The molecule has 0 spiro atoms. The molecular weight excluding hydrogens is 344 g/mol. The number of nitrogens with zero attached hydrogens (tertiary/aromatic N) is 3. The number of aliphatic hydroxyl groups is 1. The van der Waals surface area contributed by atoms with Crippen molar-refractivity contribution in [3.05, 3.63) is 47.9 Å². The van der Waals surface area contributed by atoms with Gasteiger partial charge in [-0.1, -0.05) is 0 Å². The highest BCUT2D eigenvalue weighted by Crippen LogP contribution is 2.28. The van der Waals surface area contributed by atoms with Gasteiger partial charge in [0.25, 0.3) is 5.91 Å². The first kappa shape index (κ1) is 17.6. The molecule has 7 nitrogen and oxygen atoms in total. The van der Waals surface area contributed by atoms with Gasteiger partial charge in [0.05, 0.1) is 26.0 Å². The minimum absolute atomic E-state index is 0.0182. The Morgan fingerprint density at radius 2 is 2.26 bits per heavy atom. The fraction of sp³-hybridized carbons (Fsp3) is 0.400. The lowest BCUT2D eigenvalue weighted by Crippen LogP contribution is -2.39. The number of H-pyrrole nitrogens is 1. The van der Waals surface area contributed by atoms with Crippen molar-refractivity contribution in [2.24, 2.45) is 0 Å². The first-order chi connectivity index (χ1) is 13.2. The number of methoxy groups -OCH3 is 1. The first-order valence-corrected chi connectivity index (χ1v) is 9.28. The molecule has 7 heteroatoms. The monoisotopic (exact) mass is 368 g/mol. The highest BCUT2D eigenvalue weighted by molar-refractivity contribution is 5.98. The second-order valence-electron chi connectivity index (χ2n) is 6.95. The van der Waals surface area contributed by atoms with Crippen LogP contribution < -0.4 is 4.74 Å². The smallest absolute Gasteiger partial charge is 0.270 e. The van der Waals surface area contributed by atoms with Crippen molar-refractivity contribution in [1.29, 1.82) is 0 Å². The highest BCUT2D eigenvalue weighted by atomic mass is 16.5. The van der Waals surface area contributed by atoms with Crippen molar-refractivity contribution in [2.45, 2.75) is 25.3 Å². The maximum absolute atomic E-state index is 13.0. The van der Waals surface area contributed by atoms with Gasteiger partial charge in [-0.15, -0.1) is 0 Å². The van der Waals surface area contributed by atoms with Crippen LogP contribution in [0.3, 0.4) is 0 Å². The first-order valence-electron chi connectivity index (χ1n) is 9.28. The molecule has 1 saturated heterocycles. The van der Waals surface area contributed by atoms with Crippen molar-refractivity contribution in [1.82, 2.24) is 19.7 Å². The van der Waals surface area contributed by atoms with E-state index in [1.54, 1.807) is 11.8 Å². The van der Waals surface area contributed by atoms with E-state index < -0.39 is 0 Å². The minimum atomic E-state index is 0.0182. The van der Waals surface area contributed by atoms with Gasteiger partial charge in [-0.05, 0) is 43.2 Å². The van der Waals surface area contributed by atoms with Crippen LogP contribution in [0.25, 0.3) is 10.9 Å². The number of amides is 1. The van der Waals surface area contributed by atoms with E-state index >= 15 is 0 Å². The predicted molar refractivity (Wildman–Crippen MR) is 102 cm³/mol.